The molecule has 0 amide bonds. The zero-order valence-corrected chi connectivity index (χ0v) is 9.14. The maximum Gasteiger partial charge on any atom is 0.0638 e. The Morgan fingerprint density at radius 3 is 2.92 bits per heavy atom. The zero-order chi connectivity index (χ0) is 9.68. The normalized spacial score (nSPS) is 30.7. The third kappa shape index (κ3) is 3.46. The highest BCUT2D eigenvalue weighted by molar-refractivity contribution is 8.00. The van der Waals surface area contributed by atoms with Crippen LogP contribution in [0.15, 0.2) is 0 Å². The molecule has 0 radical (unpaired) electrons. The Labute approximate surface area is 84.2 Å². The summed E-state index contributed by atoms with van der Waals surface area (Å²) in [6.07, 6.45) is 1.20. The number of aliphatic hydroxyl groups is 1. The van der Waals surface area contributed by atoms with Crippen molar-refractivity contribution in [3.8, 4) is 0 Å². The quantitative estimate of drug-likeness (QED) is 0.685. The SMILES string of the molecule is COCC(CO)NC1CCSC1C. The van der Waals surface area contributed by atoms with Crippen LogP contribution in [0.2, 0.25) is 0 Å². The highest BCUT2D eigenvalue weighted by Gasteiger charge is 2.25. The van der Waals surface area contributed by atoms with Crippen molar-refractivity contribution in [3.05, 3.63) is 0 Å². The Kier molecular flexibility index (Phi) is 5.09. The van der Waals surface area contributed by atoms with Crippen LogP contribution in [0.1, 0.15) is 13.3 Å². The van der Waals surface area contributed by atoms with E-state index in [4.69, 9.17) is 9.84 Å². The maximum atomic E-state index is 9.05. The number of methoxy groups -OCH3 is 1. The minimum Gasteiger partial charge on any atom is -0.395 e. The van der Waals surface area contributed by atoms with E-state index < -0.39 is 0 Å². The van der Waals surface area contributed by atoms with E-state index in [9.17, 15) is 0 Å². The third-order valence-electron chi connectivity index (χ3n) is 2.41. The number of hydrogen-bond acceptors (Lipinski definition) is 4. The van der Waals surface area contributed by atoms with Gasteiger partial charge in [-0.05, 0) is 12.2 Å². The Hall–Kier alpha value is 0.230. The summed E-state index contributed by atoms with van der Waals surface area (Å²) in [5.74, 6) is 1.23. The molecule has 1 fully saturated rings. The van der Waals surface area contributed by atoms with Crippen molar-refractivity contribution in [1.29, 1.82) is 0 Å². The van der Waals surface area contributed by atoms with E-state index in [1.807, 2.05) is 11.8 Å². The zero-order valence-electron chi connectivity index (χ0n) is 8.32. The number of rotatable bonds is 5. The number of hydrogen-bond donors (Lipinski definition) is 2. The summed E-state index contributed by atoms with van der Waals surface area (Å²) in [4.78, 5) is 0. The lowest BCUT2D eigenvalue weighted by Gasteiger charge is -2.22. The van der Waals surface area contributed by atoms with Gasteiger partial charge in [0.05, 0.1) is 19.3 Å². The van der Waals surface area contributed by atoms with E-state index in [0.29, 0.717) is 17.9 Å². The third-order valence-corrected chi connectivity index (χ3v) is 3.74. The van der Waals surface area contributed by atoms with E-state index in [-0.39, 0.29) is 12.6 Å². The standard InChI is InChI=1S/C9H19NO2S/c1-7-9(3-4-13-7)10-8(5-11)6-12-2/h7-11H,3-6H2,1-2H3. The van der Waals surface area contributed by atoms with Gasteiger partial charge in [0.25, 0.3) is 0 Å². The second-order valence-electron chi connectivity index (χ2n) is 3.47. The minimum atomic E-state index is 0.0937. The van der Waals surface area contributed by atoms with Crippen molar-refractivity contribution in [3.63, 3.8) is 0 Å². The van der Waals surface area contributed by atoms with E-state index in [1.54, 1.807) is 7.11 Å². The van der Waals surface area contributed by atoms with Crippen LogP contribution in [0.4, 0.5) is 0 Å². The fraction of sp³-hybridized carbons (Fsp3) is 1.00. The summed E-state index contributed by atoms with van der Waals surface area (Å²) in [7, 11) is 1.66. The maximum absolute atomic E-state index is 9.05. The lowest BCUT2D eigenvalue weighted by molar-refractivity contribution is 0.122. The summed E-state index contributed by atoms with van der Waals surface area (Å²) >= 11 is 1.99. The van der Waals surface area contributed by atoms with Crippen LogP contribution in [-0.4, -0.2) is 48.5 Å². The highest BCUT2D eigenvalue weighted by atomic mass is 32.2. The Balaban J connectivity index is 2.27. The number of nitrogens with one attached hydrogen (secondary N) is 1. The molecule has 78 valence electrons. The van der Waals surface area contributed by atoms with Gasteiger partial charge in [-0.2, -0.15) is 11.8 Å². The first-order valence-corrected chi connectivity index (χ1v) is 5.80. The van der Waals surface area contributed by atoms with E-state index in [0.717, 1.165) is 0 Å². The average Bonchev–Trinajstić information content (AvgIpc) is 2.51. The largest absolute Gasteiger partial charge is 0.395 e. The van der Waals surface area contributed by atoms with E-state index >= 15 is 0 Å². The smallest absolute Gasteiger partial charge is 0.0638 e. The first-order valence-electron chi connectivity index (χ1n) is 4.75. The molecular weight excluding hydrogens is 186 g/mol. The monoisotopic (exact) mass is 205 g/mol. The summed E-state index contributed by atoms with van der Waals surface area (Å²) in [5, 5.41) is 13.1. The highest BCUT2D eigenvalue weighted by Crippen LogP contribution is 2.26. The molecule has 0 bridgehead atoms. The molecule has 0 aromatic carbocycles. The predicted octanol–water partition coefficient (Wildman–Crippen LogP) is 0.477. The van der Waals surface area contributed by atoms with Crippen LogP contribution in [-0.2, 0) is 4.74 Å². The molecule has 2 N–H and O–H groups in total. The molecule has 0 aromatic heterocycles. The molecule has 0 spiro atoms. The number of ether oxygens (including phenoxy) is 1. The molecule has 13 heavy (non-hydrogen) atoms. The van der Waals surface area contributed by atoms with Gasteiger partial charge in [-0.3, -0.25) is 0 Å². The van der Waals surface area contributed by atoms with Crippen LogP contribution in [0, 0.1) is 0 Å². The molecule has 0 saturated carbocycles. The van der Waals surface area contributed by atoms with Gasteiger partial charge in [-0.15, -0.1) is 0 Å². The molecule has 1 aliphatic heterocycles. The lowest BCUT2D eigenvalue weighted by Crippen LogP contribution is -2.45. The Bertz CT molecular complexity index is 146. The average molecular weight is 205 g/mol. The molecule has 1 saturated heterocycles. The second kappa shape index (κ2) is 5.86. The Morgan fingerprint density at radius 1 is 1.69 bits per heavy atom. The molecule has 0 aliphatic carbocycles. The van der Waals surface area contributed by atoms with Crippen LogP contribution >= 0.6 is 11.8 Å². The predicted molar refractivity (Wildman–Crippen MR) is 56.2 cm³/mol. The lowest BCUT2D eigenvalue weighted by atomic mass is 10.1. The van der Waals surface area contributed by atoms with Crippen LogP contribution in [0.25, 0.3) is 0 Å². The molecule has 3 unspecified atom stereocenters. The topological polar surface area (TPSA) is 41.5 Å². The van der Waals surface area contributed by atoms with Crippen molar-refractivity contribution < 1.29 is 9.84 Å². The fourth-order valence-corrected chi connectivity index (χ4v) is 2.82. The van der Waals surface area contributed by atoms with Crippen LogP contribution in [0.5, 0.6) is 0 Å². The fourth-order valence-electron chi connectivity index (χ4n) is 1.61. The summed E-state index contributed by atoms with van der Waals surface area (Å²) in [6.45, 7) is 2.97. The summed E-state index contributed by atoms with van der Waals surface area (Å²) < 4.78 is 5.01. The van der Waals surface area contributed by atoms with Crippen LogP contribution < -0.4 is 5.32 Å². The van der Waals surface area contributed by atoms with Crippen LogP contribution in [0.3, 0.4) is 0 Å². The van der Waals surface area contributed by atoms with Gasteiger partial charge in [-0.1, -0.05) is 6.92 Å². The van der Waals surface area contributed by atoms with Gasteiger partial charge in [0.1, 0.15) is 0 Å². The minimum absolute atomic E-state index is 0.0937. The van der Waals surface area contributed by atoms with Crippen molar-refractivity contribution in [1.82, 2.24) is 5.32 Å². The molecule has 0 aromatic rings. The van der Waals surface area contributed by atoms with Gasteiger partial charge < -0.3 is 15.2 Å². The summed E-state index contributed by atoms with van der Waals surface area (Å²) in [5.41, 5.74) is 0. The van der Waals surface area contributed by atoms with Crippen molar-refractivity contribution in [2.75, 3.05) is 26.1 Å². The first kappa shape index (κ1) is 11.3. The molecule has 3 atom stereocenters. The molecule has 1 rings (SSSR count). The summed E-state index contributed by atoms with van der Waals surface area (Å²) in [6, 6.07) is 0.633. The molecular formula is C9H19NO2S. The number of aliphatic hydroxyl groups excluding tert-OH is 1. The van der Waals surface area contributed by atoms with E-state index in [2.05, 4.69) is 12.2 Å². The first-order chi connectivity index (χ1) is 6.27. The van der Waals surface area contributed by atoms with Gasteiger partial charge in [0.15, 0.2) is 0 Å². The van der Waals surface area contributed by atoms with Gasteiger partial charge in [0.2, 0.25) is 0 Å². The van der Waals surface area contributed by atoms with E-state index in [1.165, 1.54) is 12.2 Å². The second-order valence-corrected chi connectivity index (χ2v) is 4.96. The van der Waals surface area contributed by atoms with Crippen molar-refractivity contribution in [2.24, 2.45) is 0 Å². The van der Waals surface area contributed by atoms with Gasteiger partial charge in [-0.25, -0.2) is 0 Å². The molecule has 3 nitrogen and oxygen atoms in total. The molecule has 1 heterocycles. The van der Waals surface area contributed by atoms with Crippen molar-refractivity contribution in [2.45, 2.75) is 30.7 Å². The Morgan fingerprint density at radius 2 is 2.46 bits per heavy atom. The number of thioether (sulfide) groups is 1. The van der Waals surface area contributed by atoms with Gasteiger partial charge in [0, 0.05) is 18.4 Å². The molecule has 1 aliphatic rings. The van der Waals surface area contributed by atoms with Gasteiger partial charge >= 0.3 is 0 Å². The molecule has 4 heteroatoms. The van der Waals surface area contributed by atoms with Crippen molar-refractivity contribution >= 4 is 11.8 Å².